The zero-order chi connectivity index (χ0) is 17.4. The molecular formula is C19H22ClN3O2. The summed E-state index contributed by atoms with van der Waals surface area (Å²) in [5.74, 6) is 0.547. The first-order valence-corrected chi connectivity index (χ1v) is 9.23. The molecule has 0 radical (unpaired) electrons. The number of nitrogens with zero attached hydrogens (tertiary/aromatic N) is 2. The highest BCUT2D eigenvalue weighted by Gasteiger charge is 2.29. The van der Waals surface area contributed by atoms with Gasteiger partial charge in [0.1, 0.15) is 12.4 Å². The third-order valence-electron chi connectivity index (χ3n) is 5.25. The first-order valence-electron chi connectivity index (χ1n) is 8.85. The first kappa shape index (κ1) is 16.5. The summed E-state index contributed by atoms with van der Waals surface area (Å²) >= 11 is 6.44. The van der Waals surface area contributed by atoms with Crippen LogP contribution in [0.3, 0.4) is 0 Å². The van der Waals surface area contributed by atoms with Gasteiger partial charge < -0.3 is 14.6 Å². The Morgan fingerprint density at radius 3 is 2.92 bits per heavy atom. The quantitative estimate of drug-likeness (QED) is 0.880. The van der Waals surface area contributed by atoms with Crippen LogP contribution < -0.4 is 10.1 Å². The summed E-state index contributed by atoms with van der Waals surface area (Å²) < 4.78 is 7.83. The van der Waals surface area contributed by atoms with Crippen molar-refractivity contribution in [3.8, 4) is 17.0 Å². The Bertz CT molecular complexity index is 809. The molecule has 132 valence electrons. The highest BCUT2D eigenvalue weighted by atomic mass is 35.5. The third-order valence-corrected chi connectivity index (χ3v) is 5.53. The number of carbonyl (C=O) groups excluding carboxylic acids is 1. The van der Waals surface area contributed by atoms with Gasteiger partial charge >= 0.3 is 0 Å². The average molecular weight is 360 g/mol. The zero-order valence-electron chi connectivity index (χ0n) is 14.3. The smallest absolute Gasteiger partial charge is 0.251 e. The van der Waals surface area contributed by atoms with Crippen LogP contribution in [0.25, 0.3) is 11.3 Å². The fraction of sp³-hybridized carbons (Fsp3) is 0.474. The number of hydrogen-bond acceptors (Lipinski definition) is 3. The lowest BCUT2D eigenvalue weighted by molar-refractivity contribution is 0.0882. The molecule has 25 heavy (non-hydrogen) atoms. The normalized spacial score (nSPS) is 18.5. The molecule has 5 nitrogen and oxygen atoms in total. The van der Waals surface area contributed by atoms with Crippen LogP contribution in [0.1, 0.15) is 49.4 Å². The average Bonchev–Trinajstić information content (AvgIpc) is 2.97. The maximum absolute atomic E-state index is 12.9. The fourth-order valence-electron chi connectivity index (χ4n) is 3.83. The number of ether oxygens (including phenoxy) is 1. The van der Waals surface area contributed by atoms with E-state index in [4.69, 9.17) is 16.3 Å². The Kier molecular flexibility index (Phi) is 4.20. The highest BCUT2D eigenvalue weighted by molar-refractivity contribution is 6.33. The van der Waals surface area contributed by atoms with E-state index in [0.717, 1.165) is 36.9 Å². The van der Waals surface area contributed by atoms with Crippen molar-refractivity contribution in [3.05, 3.63) is 35.2 Å². The van der Waals surface area contributed by atoms with E-state index in [0.29, 0.717) is 29.5 Å². The van der Waals surface area contributed by atoms with Crippen molar-refractivity contribution in [2.24, 2.45) is 0 Å². The predicted octanol–water partition coefficient (Wildman–Crippen LogP) is 4.05. The SMILES string of the molecule is CC1(NC(=O)c2cc(Cl)c3c(c2)-c2cncn2CCO3)CCCCC1. The van der Waals surface area contributed by atoms with Gasteiger partial charge in [0.15, 0.2) is 0 Å². The molecule has 1 aliphatic carbocycles. The molecule has 0 unspecified atom stereocenters. The molecule has 1 aliphatic heterocycles. The minimum absolute atomic E-state index is 0.0792. The summed E-state index contributed by atoms with van der Waals surface area (Å²) in [4.78, 5) is 17.1. The Morgan fingerprint density at radius 2 is 2.12 bits per heavy atom. The molecule has 2 aliphatic rings. The van der Waals surface area contributed by atoms with Gasteiger partial charge in [0, 0.05) is 16.7 Å². The second-order valence-electron chi connectivity index (χ2n) is 7.23. The molecule has 1 N–H and O–H groups in total. The van der Waals surface area contributed by atoms with Gasteiger partial charge in [0.05, 0.1) is 29.8 Å². The lowest BCUT2D eigenvalue weighted by Crippen LogP contribution is -2.47. The Labute approximate surface area is 152 Å². The number of carbonyl (C=O) groups is 1. The van der Waals surface area contributed by atoms with Gasteiger partial charge in [-0.25, -0.2) is 4.98 Å². The van der Waals surface area contributed by atoms with Crippen LogP contribution in [0, 0.1) is 0 Å². The van der Waals surface area contributed by atoms with Crippen molar-refractivity contribution in [3.63, 3.8) is 0 Å². The van der Waals surface area contributed by atoms with Gasteiger partial charge in [0.2, 0.25) is 0 Å². The molecule has 0 bridgehead atoms. The highest BCUT2D eigenvalue weighted by Crippen LogP contribution is 2.39. The lowest BCUT2D eigenvalue weighted by atomic mass is 9.83. The molecule has 4 rings (SSSR count). The molecular weight excluding hydrogens is 338 g/mol. The monoisotopic (exact) mass is 359 g/mol. The molecule has 0 saturated heterocycles. The molecule has 1 aromatic carbocycles. The van der Waals surface area contributed by atoms with Crippen LogP contribution in [0.2, 0.25) is 5.02 Å². The van der Waals surface area contributed by atoms with Gasteiger partial charge in [-0.05, 0) is 31.9 Å². The van der Waals surface area contributed by atoms with Crippen molar-refractivity contribution in [2.45, 2.75) is 51.1 Å². The number of rotatable bonds is 2. The zero-order valence-corrected chi connectivity index (χ0v) is 15.1. The summed E-state index contributed by atoms with van der Waals surface area (Å²) in [6.45, 7) is 3.37. The van der Waals surface area contributed by atoms with Crippen LogP contribution >= 0.6 is 11.6 Å². The van der Waals surface area contributed by atoms with Gasteiger partial charge in [-0.2, -0.15) is 0 Å². The number of amides is 1. The summed E-state index contributed by atoms with van der Waals surface area (Å²) in [6, 6.07) is 3.56. The molecule has 1 saturated carbocycles. The van der Waals surface area contributed by atoms with Crippen molar-refractivity contribution in [1.29, 1.82) is 0 Å². The minimum atomic E-state index is -0.132. The Balaban J connectivity index is 1.68. The standard InChI is InChI=1S/C19H22ClN3O2/c1-19(5-3-2-4-6-19)22-18(24)13-9-14-16-11-21-12-23(16)7-8-25-17(14)15(20)10-13/h9-12H,2-8H2,1H3,(H,22,24). The van der Waals surface area contributed by atoms with Crippen molar-refractivity contribution >= 4 is 17.5 Å². The summed E-state index contributed by atoms with van der Waals surface area (Å²) in [7, 11) is 0. The minimum Gasteiger partial charge on any atom is -0.489 e. The van der Waals surface area contributed by atoms with E-state index in [1.54, 1.807) is 18.6 Å². The Morgan fingerprint density at radius 1 is 1.32 bits per heavy atom. The van der Waals surface area contributed by atoms with Gasteiger partial charge in [-0.1, -0.05) is 30.9 Å². The van der Waals surface area contributed by atoms with E-state index < -0.39 is 0 Å². The number of hydrogen-bond donors (Lipinski definition) is 1. The van der Waals surface area contributed by atoms with Crippen LogP contribution in [0.4, 0.5) is 0 Å². The van der Waals surface area contributed by atoms with E-state index >= 15 is 0 Å². The number of nitrogens with one attached hydrogen (secondary N) is 1. The van der Waals surface area contributed by atoms with Gasteiger partial charge in [-0.15, -0.1) is 0 Å². The first-order chi connectivity index (χ1) is 12.1. The van der Waals surface area contributed by atoms with E-state index in [2.05, 4.69) is 17.2 Å². The summed E-state index contributed by atoms with van der Waals surface area (Å²) in [5, 5.41) is 3.68. The van der Waals surface area contributed by atoms with E-state index in [-0.39, 0.29) is 11.4 Å². The largest absolute Gasteiger partial charge is 0.489 e. The van der Waals surface area contributed by atoms with Gasteiger partial charge in [0.25, 0.3) is 5.91 Å². The van der Waals surface area contributed by atoms with Crippen LogP contribution in [-0.2, 0) is 6.54 Å². The van der Waals surface area contributed by atoms with E-state index in [1.807, 2.05) is 10.6 Å². The van der Waals surface area contributed by atoms with E-state index in [1.165, 1.54) is 6.42 Å². The molecule has 0 atom stereocenters. The summed E-state index contributed by atoms with van der Waals surface area (Å²) in [6.07, 6.45) is 9.17. The van der Waals surface area contributed by atoms with E-state index in [9.17, 15) is 4.79 Å². The van der Waals surface area contributed by atoms with Crippen molar-refractivity contribution < 1.29 is 9.53 Å². The molecule has 1 aromatic heterocycles. The second-order valence-corrected chi connectivity index (χ2v) is 7.64. The molecule has 0 spiro atoms. The third kappa shape index (κ3) is 3.13. The topological polar surface area (TPSA) is 56.2 Å². The maximum atomic E-state index is 12.9. The molecule has 2 heterocycles. The molecule has 1 fully saturated rings. The second kappa shape index (κ2) is 6.37. The molecule has 1 amide bonds. The summed E-state index contributed by atoms with van der Waals surface area (Å²) in [5.41, 5.74) is 2.18. The van der Waals surface area contributed by atoms with Crippen LogP contribution in [0.15, 0.2) is 24.7 Å². The van der Waals surface area contributed by atoms with Crippen molar-refractivity contribution in [1.82, 2.24) is 14.9 Å². The number of aromatic nitrogens is 2. The molecule has 6 heteroatoms. The number of fused-ring (bicyclic) bond motifs is 3. The van der Waals surface area contributed by atoms with Crippen molar-refractivity contribution in [2.75, 3.05) is 6.61 Å². The van der Waals surface area contributed by atoms with Gasteiger partial charge in [-0.3, -0.25) is 4.79 Å². The lowest BCUT2D eigenvalue weighted by Gasteiger charge is -2.34. The maximum Gasteiger partial charge on any atom is 0.251 e. The Hall–Kier alpha value is -2.01. The van der Waals surface area contributed by atoms with Crippen LogP contribution in [-0.4, -0.2) is 27.6 Å². The molecule has 2 aromatic rings. The number of imidazole rings is 1. The fourth-order valence-corrected chi connectivity index (χ4v) is 4.11. The number of halogens is 1. The van der Waals surface area contributed by atoms with Crippen LogP contribution in [0.5, 0.6) is 5.75 Å². The predicted molar refractivity (Wildman–Crippen MR) is 97.1 cm³/mol. The number of benzene rings is 1.